The predicted molar refractivity (Wildman–Crippen MR) is 77.3 cm³/mol. The molecule has 20 heavy (non-hydrogen) atoms. The molecular weight excluding hydrogens is 252 g/mol. The molecule has 1 aromatic heterocycles. The summed E-state index contributed by atoms with van der Waals surface area (Å²) in [5.74, 6) is 2.12. The van der Waals surface area contributed by atoms with Gasteiger partial charge in [0, 0.05) is 31.6 Å². The molecule has 1 atom stereocenters. The standard InChI is InChI=1S/C15H26N4O/c1-11(2)13-8-16-15(6-4-5-7-15)10-19(13)9-14-17-12(3)20-18-14/h11,13,16H,4-10H2,1-3H3. The van der Waals surface area contributed by atoms with Gasteiger partial charge in [-0.25, -0.2) is 0 Å². The van der Waals surface area contributed by atoms with Crippen LogP contribution in [0.2, 0.25) is 0 Å². The summed E-state index contributed by atoms with van der Waals surface area (Å²) in [7, 11) is 0. The second kappa shape index (κ2) is 5.45. The summed E-state index contributed by atoms with van der Waals surface area (Å²) in [6, 6.07) is 0.556. The van der Waals surface area contributed by atoms with Gasteiger partial charge in [-0.1, -0.05) is 31.8 Å². The Hall–Kier alpha value is -0.940. The Morgan fingerprint density at radius 1 is 1.40 bits per heavy atom. The normalized spacial score (nSPS) is 26.7. The Bertz CT molecular complexity index is 450. The summed E-state index contributed by atoms with van der Waals surface area (Å²) in [5, 5.41) is 7.91. The molecule has 1 spiro atoms. The predicted octanol–water partition coefficient (Wildman–Crippen LogP) is 2.12. The number of rotatable bonds is 3. The van der Waals surface area contributed by atoms with Gasteiger partial charge >= 0.3 is 0 Å². The molecule has 2 aliphatic rings. The largest absolute Gasteiger partial charge is 0.340 e. The average molecular weight is 278 g/mol. The van der Waals surface area contributed by atoms with Crippen molar-refractivity contribution in [1.82, 2.24) is 20.4 Å². The second-order valence-corrected chi connectivity index (χ2v) is 6.81. The van der Waals surface area contributed by atoms with Crippen LogP contribution in [0.5, 0.6) is 0 Å². The van der Waals surface area contributed by atoms with Crippen LogP contribution < -0.4 is 5.32 Å². The lowest BCUT2D eigenvalue weighted by Crippen LogP contribution is -2.64. The van der Waals surface area contributed by atoms with Gasteiger partial charge in [0.1, 0.15) is 0 Å². The molecule has 5 heteroatoms. The van der Waals surface area contributed by atoms with Gasteiger partial charge in [-0.3, -0.25) is 4.90 Å². The molecule has 1 unspecified atom stereocenters. The van der Waals surface area contributed by atoms with Crippen molar-refractivity contribution in [1.29, 1.82) is 0 Å². The molecule has 1 aromatic rings. The molecule has 1 aliphatic heterocycles. The van der Waals surface area contributed by atoms with Crippen LogP contribution in [0.15, 0.2) is 4.52 Å². The van der Waals surface area contributed by atoms with E-state index < -0.39 is 0 Å². The van der Waals surface area contributed by atoms with Gasteiger partial charge < -0.3 is 9.84 Å². The van der Waals surface area contributed by atoms with E-state index in [0.717, 1.165) is 25.5 Å². The van der Waals surface area contributed by atoms with Gasteiger partial charge in [0.05, 0.1) is 6.54 Å². The Balaban J connectivity index is 1.75. The van der Waals surface area contributed by atoms with Crippen molar-refractivity contribution in [2.75, 3.05) is 13.1 Å². The highest BCUT2D eigenvalue weighted by Gasteiger charge is 2.41. The summed E-state index contributed by atoms with van der Waals surface area (Å²) in [6.07, 6.45) is 5.32. The molecule has 3 rings (SSSR count). The smallest absolute Gasteiger partial charge is 0.223 e. The van der Waals surface area contributed by atoms with E-state index in [1.54, 1.807) is 0 Å². The third-order valence-corrected chi connectivity index (χ3v) is 4.91. The fourth-order valence-corrected chi connectivity index (χ4v) is 3.82. The first-order valence-electron chi connectivity index (χ1n) is 7.86. The van der Waals surface area contributed by atoms with Crippen molar-refractivity contribution in [3.8, 4) is 0 Å². The molecular formula is C15H26N4O. The highest BCUT2D eigenvalue weighted by molar-refractivity contribution is 5.02. The van der Waals surface area contributed by atoms with E-state index in [1.807, 2.05) is 6.92 Å². The van der Waals surface area contributed by atoms with Crippen LogP contribution in [0.25, 0.3) is 0 Å². The first-order chi connectivity index (χ1) is 9.58. The van der Waals surface area contributed by atoms with Crippen molar-refractivity contribution in [2.24, 2.45) is 5.92 Å². The topological polar surface area (TPSA) is 54.2 Å². The Kier molecular flexibility index (Phi) is 3.82. The van der Waals surface area contributed by atoms with Crippen LogP contribution in [-0.2, 0) is 6.54 Å². The molecule has 1 N–H and O–H groups in total. The summed E-state index contributed by atoms with van der Waals surface area (Å²) < 4.78 is 5.12. The Morgan fingerprint density at radius 3 is 2.75 bits per heavy atom. The maximum Gasteiger partial charge on any atom is 0.223 e. The fourth-order valence-electron chi connectivity index (χ4n) is 3.82. The van der Waals surface area contributed by atoms with Gasteiger partial charge in [0.15, 0.2) is 5.82 Å². The zero-order chi connectivity index (χ0) is 14.2. The van der Waals surface area contributed by atoms with Crippen LogP contribution in [-0.4, -0.2) is 39.7 Å². The maximum absolute atomic E-state index is 5.12. The van der Waals surface area contributed by atoms with Crippen LogP contribution in [0.1, 0.15) is 51.2 Å². The van der Waals surface area contributed by atoms with E-state index >= 15 is 0 Å². The van der Waals surface area contributed by atoms with Crippen molar-refractivity contribution in [3.05, 3.63) is 11.7 Å². The number of aromatic nitrogens is 2. The lowest BCUT2D eigenvalue weighted by atomic mass is 9.89. The molecule has 2 heterocycles. The fraction of sp³-hybridized carbons (Fsp3) is 0.867. The lowest BCUT2D eigenvalue weighted by molar-refractivity contribution is 0.0481. The number of hydrogen-bond donors (Lipinski definition) is 1. The van der Waals surface area contributed by atoms with E-state index in [-0.39, 0.29) is 0 Å². The van der Waals surface area contributed by atoms with Crippen molar-refractivity contribution < 1.29 is 4.52 Å². The van der Waals surface area contributed by atoms with Gasteiger partial charge in [0.2, 0.25) is 5.89 Å². The van der Waals surface area contributed by atoms with Crippen LogP contribution in [0.4, 0.5) is 0 Å². The van der Waals surface area contributed by atoms with Crippen molar-refractivity contribution in [3.63, 3.8) is 0 Å². The Labute approximate surface area is 121 Å². The van der Waals surface area contributed by atoms with Crippen molar-refractivity contribution >= 4 is 0 Å². The number of aryl methyl sites for hydroxylation is 1. The van der Waals surface area contributed by atoms with Crippen LogP contribution in [0.3, 0.4) is 0 Å². The minimum atomic E-state index is 0.337. The zero-order valence-electron chi connectivity index (χ0n) is 12.9. The minimum Gasteiger partial charge on any atom is -0.340 e. The lowest BCUT2D eigenvalue weighted by Gasteiger charge is -2.47. The first kappa shape index (κ1) is 14.0. The van der Waals surface area contributed by atoms with Gasteiger partial charge in [0.25, 0.3) is 0 Å². The number of nitrogens with zero attached hydrogens (tertiary/aromatic N) is 3. The molecule has 2 fully saturated rings. The third kappa shape index (κ3) is 2.74. The molecule has 0 amide bonds. The maximum atomic E-state index is 5.12. The summed E-state index contributed by atoms with van der Waals surface area (Å²) in [4.78, 5) is 6.94. The third-order valence-electron chi connectivity index (χ3n) is 4.91. The molecule has 1 aliphatic carbocycles. The Morgan fingerprint density at radius 2 is 2.15 bits per heavy atom. The van der Waals surface area contributed by atoms with E-state index in [1.165, 1.54) is 25.7 Å². The summed E-state index contributed by atoms with van der Waals surface area (Å²) in [6.45, 7) is 9.45. The van der Waals surface area contributed by atoms with E-state index in [0.29, 0.717) is 23.4 Å². The molecule has 1 saturated heterocycles. The minimum absolute atomic E-state index is 0.337. The monoisotopic (exact) mass is 278 g/mol. The van der Waals surface area contributed by atoms with E-state index in [2.05, 4.69) is 34.2 Å². The van der Waals surface area contributed by atoms with Crippen LogP contribution in [0, 0.1) is 12.8 Å². The quantitative estimate of drug-likeness (QED) is 0.918. The van der Waals surface area contributed by atoms with Gasteiger partial charge in [-0.15, -0.1) is 0 Å². The highest BCUT2D eigenvalue weighted by Crippen LogP contribution is 2.34. The zero-order valence-corrected chi connectivity index (χ0v) is 12.9. The number of nitrogens with one attached hydrogen (secondary N) is 1. The number of piperazine rings is 1. The van der Waals surface area contributed by atoms with Crippen molar-refractivity contribution in [2.45, 2.75) is 64.6 Å². The molecule has 112 valence electrons. The molecule has 0 bridgehead atoms. The molecule has 5 nitrogen and oxygen atoms in total. The second-order valence-electron chi connectivity index (χ2n) is 6.81. The summed E-state index contributed by atoms with van der Waals surface area (Å²) in [5.41, 5.74) is 0.337. The van der Waals surface area contributed by atoms with Gasteiger partial charge in [-0.2, -0.15) is 4.98 Å². The van der Waals surface area contributed by atoms with Gasteiger partial charge in [-0.05, 0) is 18.8 Å². The molecule has 0 radical (unpaired) electrons. The first-order valence-corrected chi connectivity index (χ1v) is 7.86. The van der Waals surface area contributed by atoms with E-state index in [4.69, 9.17) is 4.52 Å². The average Bonchev–Trinajstić information content (AvgIpc) is 2.99. The van der Waals surface area contributed by atoms with E-state index in [9.17, 15) is 0 Å². The number of hydrogen-bond acceptors (Lipinski definition) is 5. The highest BCUT2D eigenvalue weighted by atomic mass is 16.5. The SMILES string of the molecule is Cc1nc(CN2CC3(CCCC3)NCC2C(C)C)no1. The summed E-state index contributed by atoms with van der Waals surface area (Å²) >= 11 is 0. The molecule has 1 saturated carbocycles. The molecule has 0 aromatic carbocycles. The van der Waals surface area contributed by atoms with Crippen LogP contribution >= 0.6 is 0 Å².